The molecule has 1 N–H and O–H groups in total. The molecule has 210 valence electrons. The van der Waals surface area contributed by atoms with Crippen LogP contribution in [0, 0.1) is 6.92 Å². The number of alkyl halides is 3. The highest BCUT2D eigenvalue weighted by Gasteiger charge is 2.39. The smallest absolute Gasteiger partial charge is 0.436 e. The van der Waals surface area contributed by atoms with Gasteiger partial charge in [-0.05, 0) is 61.5 Å². The Bertz CT molecular complexity index is 1780. The van der Waals surface area contributed by atoms with Gasteiger partial charge in [-0.2, -0.15) is 18.3 Å². The summed E-state index contributed by atoms with van der Waals surface area (Å²) in [6.45, 7) is 1.37. The minimum atomic E-state index is -4.86. The molecule has 0 unspecified atom stereocenters. The van der Waals surface area contributed by atoms with Gasteiger partial charge in [0, 0.05) is 29.8 Å². The number of aromatic nitrogens is 3. The molecule has 0 aliphatic carbocycles. The molecule has 0 spiro atoms. The number of rotatable bonds is 7. The molecule has 2 aromatic heterocycles. The number of ether oxygens (including phenoxy) is 1. The number of aromatic carboxylic acids is 1. The van der Waals surface area contributed by atoms with Crippen LogP contribution in [0.15, 0.2) is 71.3 Å². The van der Waals surface area contributed by atoms with Crippen molar-refractivity contribution in [2.45, 2.75) is 19.7 Å². The van der Waals surface area contributed by atoms with Gasteiger partial charge in [0.05, 0.1) is 22.0 Å². The number of aryl methyl sites for hydroxylation is 1. The van der Waals surface area contributed by atoms with Crippen molar-refractivity contribution >= 4 is 40.1 Å². The number of anilines is 1. The lowest BCUT2D eigenvalue weighted by Crippen LogP contribution is -2.26. The highest BCUT2D eigenvalue weighted by atomic mass is 35.5. The van der Waals surface area contributed by atoms with E-state index in [0.29, 0.717) is 17.0 Å². The van der Waals surface area contributed by atoms with Gasteiger partial charge >= 0.3 is 12.1 Å². The van der Waals surface area contributed by atoms with E-state index in [0.717, 1.165) is 10.1 Å². The molecule has 0 aliphatic heterocycles. The van der Waals surface area contributed by atoms with Gasteiger partial charge in [-0.15, -0.1) is 0 Å². The quantitative estimate of drug-likeness (QED) is 0.231. The van der Waals surface area contributed by atoms with Gasteiger partial charge in [-0.25, -0.2) is 9.48 Å². The fourth-order valence-electron chi connectivity index (χ4n) is 4.14. The number of carbonyl (C=O) groups excluding carboxylic acids is 1. The van der Waals surface area contributed by atoms with Crippen molar-refractivity contribution in [1.29, 1.82) is 0 Å². The van der Waals surface area contributed by atoms with Crippen molar-refractivity contribution in [3.63, 3.8) is 0 Å². The summed E-state index contributed by atoms with van der Waals surface area (Å²) in [5.74, 6) is -1.37. The Hall–Kier alpha value is -4.84. The SMILES string of the molecule is Cc1noc2cc(N(C)C(=O)c3cccc(-n4nc(C(F)(F)F)c(Cl)c4COc4ccc(C(=O)O)cc4)c3)ccc12. The van der Waals surface area contributed by atoms with E-state index in [2.05, 4.69) is 10.3 Å². The molecule has 3 aromatic carbocycles. The maximum absolute atomic E-state index is 13.7. The van der Waals surface area contributed by atoms with Crippen LogP contribution in [0.1, 0.15) is 37.8 Å². The van der Waals surface area contributed by atoms with Crippen molar-refractivity contribution < 1.29 is 37.1 Å². The first-order valence-corrected chi connectivity index (χ1v) is 12.4. The largest absolute Gasteiger partial charge is 0.487 e. The molecule has 41 heavy (non-hydrogen) atoms. The van der Waals surface area contributed by atoms with Crippen LogP contribution in [0.25, 0.3) is 16.7 Å². The van der Waals surface area contributed by atoms with E-state index in [1.165, 1.54) is 53.4 Å². The van der Waals surface area contributed by atoms with Crippen LogP contribution in [0.3, 0.4) is 0 Å². The van der Waals surface area contributed by atoms with Crippen LogP contribution >= 0.6 is 11.6 Å². The number of carboxylic acids is 1. The number of hydrogen-bond acceptors (Lipinski definition) is 6. The van der Waals surface area contributed by atoms with Gasteiger partial charge in [0.1, 0.15) is 18.1 Å². The number of carboxylic acid groups (broad SMARTS) is 1. The number of nitrogens with zero attached hydrogens (tertiary/aromatic N) is 4. The van der Waals surface area contributed by atoms with Crippen molar-refractivity contribution in [1.82, 2.24) is 14.9 Å². The molecule has 1 amide bonds. The van der Waals surface area contributed by atoms with Crippen molar-refractivity contribution in [2.75, 3.05) is 11.9 Å². The number of carbonyl (C=O) groups is 2. The normalized spacial score (nSPS) is 11.6. The molecular formula is C28H20ClF3N4O5. The van der Waals surface area contributed by atoms with Crippen LogP contribution in [0.4, 0.5) is 18.9 Å². The predicted octanol–water partition coefficient (Wildman–Crippen LogP) is 6.55. The Morgan fingerprint density at radius 3 is 2.49 bits per heavy atom. The van der Waals surface area contributed by atoms with Crippen LogP contribution in [-0.2, 0) is 12.8 Å². The third kappa shape index (κ3) is 5.46. The van der Waals surface area contributed by atoms with E-state index in [-0.39, 0.29) is 28.3 Å². The maximum Gasteiger partial charge on any atom is 0.436 e. The lowest BCUT2D eigenvalue weighted by molar-refractivity contribution is -0.141. The summed E-state index contributed by atoms with van der Waals surface area (Å²) in [5.41, 5.74) is 0.630. The summed E-state index contributed by atoms with van der Waals surface area (Å²) >= 11 is 6.13. The van der Waals surface area contributed by atoms with Gasteiger partial charge < -0.3 is 19.3 Å². The van der Waals surface area contributed by atoms with E-state index in [1.807, 2.05) is 0 Å². The lowest BCUT2D eigenvalue weighted by atomic mass is 10.1. The zero-order valence-corrected chi connectivity index (χ0v) is 22.2. The minimum absolute atomic E-state index is 0.0158. The Kier molecular flexibility index (Phi) is 7.18. The van der Waals surface area contributed by atoms with Crippen LogP contribution in [0.2, 0.25) is 5.02 Å². The van der Waals surface area contributed by atoms with E-state index < -0.39 is 35.4 Å². The van der Waals surface area contributed by atoms with Gasteiger partial charge in [0.25, 0.3) is 5.91 Å². The standard InChI is InChI=1S/C28H20ClF3N4O5/c1-15-21-11-8-18(13-23(21)41-34-15)35(2)26(37)17-4-3-5-19(12-17)36-22(24(29)25(33-36)28(30,31)32)14-40-20-9-6-16(7-10-20)27(38)39/h3-13H,14H2,1-2H3,(H,38,39). The third-order valence-electron chi connectivity index (χ3n) is 6.33. The fourth-order valence-corrected chi connectivity index (χ4v) is 4.42. The zero-order valence-electron chi connectivity index (χ0n) is 21.4. The second-order valence-corrected chi connectivity index (χ2v) is 9.38. The maximum atomic E-state index is 13.7. The molecular weight excluding hydrogens is 565 g/mol. The molecule has 0 saturated carbocycles. The Balaban J connectivity index is 1.46. The monoisotopic (exact) mass is 584 g/mol. The van der Waals surface area contributed by atoms with E-state index in [9.17, 15) is 22.8 Å². The van der Waals surface area contributed by atoms with E-state index in [4.69, 9.17) is 26.0 Å². The fraction of sp³-hybridized carbons (Fsp3) is 0.143. The van der Waals surface area contributed by atoms with Gasteiger partial charge in [0.15, 0.2) is 11.3 Å². The summed E-state index contributed by atoms with van der Waals surface area (Å²) in [7, 11) is 1.56. The highest BCUT2D eigenvalue weighted by molar-refractivity contribution is 6.32. The van der Waals surface area contributed by atoms with Gasteiger partial charge in [0.2, 0.25) is 0 Å². The second kappa shape index (κ2) is 10.6. The van der Waals surface area contributed by atoms with E-state index >= 15 is 0 Å². The molecule has 0 bridgehead atoms. The summed E-state index contributed by atoms with van der Waals surface area (Å²) in [5, 5.41) is 16.8. The first-order chi connectivity index (χ1) is 19.4. The molecule has 0 saturated heterocycles. The molecule has 13 heteroatoms. The Morgan fingerprint density at radius 1 is 1.07 bits per heavy atom. The summed E-state index contributed by atoms with van der Waals surface area (Å²) in [6, 6.07) is 16.4. The number of hydrogen-bond donors (Lipinski definition) is 1. The third-order valence-corrected chi connectivity index (χ3v) is 6.72. The average molecular weight is 585 g/mol. The zero-order chi connectivity index (χ0) is 29.5. The van der Waals surface area contributed by atoms with Crippen molar-refractivity contribution in [2.24, 2.45) is 0 Å². The second-order valence-electron chi connectivity index (χ2n) is 9.00. The molecule has 5 rings (SSSR count). The van der Waals surface area contributed by atoms with Crippen molar-refractivity contribution in [3.05, 3.63) is 100.0 Å². The Morgan fingerprint density at radius 2 is 1.80 bits per heavy atom. The lowest BCUT2D eigenvalue weighted by Gasteiger charge is -2.18. The van der Waals surface area contributed by atoms with Gasteiger partial charge in [-0.3, -0.25) is 4.79 Å². The number of amides is 1. The van der Waals surface area contributed by atoms with E-state index in [1.54, 1.807) is 32.2 Å². The molecule has 0 fully saturated rings. The molecule has 0 atom stereocenters. The first-order valence-electron chi connectivity index (χ1n) is 12.0. The Labute approximate surface area is 235 Å². The summed E-state index contributed by atoms with van der Waals surface area (Å²) in [4.78, 5) is 25.8. The summed E-state index contributed by atoms with van der Waals surface area (Å²) in [6.07, 6.45) is -4.86. The van der Waals surface area contributed by atoms with Crippen molar-refractivity contribution in [3.8, 4) is 11.4 Å². The van der Waals surface area contributed by atoms with Gasteiger partial charge in [-0.1, -0.05) is 22.8 Å². The summed E-state index contributed by atoms with van der Waals surface area (Å²) < 4.78 is 53.0. The minimum Gasteiger partial charge on any atom is -0.487 e. The predicted molar refractivity (Wildman–Crippen MR) is 143 cm³/mol. The van der Waals surface area contributed by atoms with Crippen LogP contribution < -0.4 is 9.64 Å². The molecule has 5 aromatic rings. The first kappa shape index (κ1) is 27.7. The molecule has 0 radical (unpaired) electrons. The number of fused-ring (bicyclic) bond motifs is 1. The van der Waals surface area contributed by atoms with Crippen LogP contribution in [-0.4, -0.2) is 39.0 Å². The highest BCUT2D eigenvalue weighted by Crippen LogP contribution is 2.37. The topological polar surface area (TPSA) is 111 Å². The molecule has 2 heterocycles. The number of halogens is 4. The average Bonchev–Trinajstić information content (AvgIpc) is 3.50. The van der Waals surface area contributed by atoms with Crippen LogP contribution in [0.5, 0.6) is 5.75 Å². The molecule has 0 aliphatic rings. The number of benzene rings is 3. The molecule has 9 nitrogen and oxygen atoms in total.